The molecule has 0 spiro atoms. The molecule has 1 fully saturated rings. The number of nitrogens with zero attached hydrogens (tertiary/aromatic N) is 1. The lowest BCUT2D eigenvalue weighted by Gasteiger charge is -2.16. The van der Waals surface area contributed by atoms with E-state index in [1.807, 2.05) is 0 Å². The number of carbonyl (C=O) groups excluding carboxylic acids is 2. The number of hydrogen-bond donors (Lipinski definition) is 3. The molecule has 1 saturated heterocycles. The second-order valence-electron chi connectivity index (χ2n) is 4.78. The van der Waals surface area contributed by atoms with Crippen molar-refractivity contribution in [3.05, 3.63) is 29.8 Å². The van der Waals surface area contributed by atoms with Crippen LogP contribution in [0.4, 0.5) is 5.69 Å². The Morgan fingerprint density at radius 2 is 2.10 bits per heavy atom. The van der Waals surface area contributed by atoms with Crippen LogP contribution in [0.15, 0.2) is 24.3 Å². The highest BCUT2D eigenvalue weighted by Gasteiger charge is 2.29. The fourth-order valence-electron chi connectivity index (χ4n) is 2.22. The Balaban J connectivity index is 2.05. The van der Waals surface area contributed by atoms with E-state index in [1.165, 1.54) is 0 Å². The van der Waals surface area contributed by atoms with Crippen LogP contribution in [-0.4, -0.2) is 42.4 Å². The van der Waals surface area contributed by atoms with Gasteiger partial charge in [0.05, 0.1) is 6.61 Å². The maximum absolute atomic E-state index is 11.9. The highest BCUT2D eigenvalue weighted by Crippen LogP contribution is 2.25. The fourth-order valence-corrected chi connectivity index (χ4v) is 2.46. The van der Waals surface area contributed by atoms with Crippen LogP contribution in [0.1, 0.15) is 16.8 Å². The summed E-state index contributed by atoms with van der Waals surface area (Å²) >= 11 is 4.23. The van der Waals surface area contributed by atoms with E-state index in [9.17, 15) is 9.59 Å². The van der Waals surface area contributed by atoms with E-state index in [0.29, 0.717) is 30.2 Å². The number of amides is 2. The molecular formula is C14H18N2O3S. The lowest BCUT2D eigenvalue weighted by atomic mass is 10.1. The van der Waals surface area contributed by atoms with E-state index in [2.05, 4.69) is 17.9 Å². The van der Waals surface area contributed by atoms with E-state index in [1.54, 1.807) is 29.2 Å². The fraction of sp³-hybridized carbons (Fsp3) is 0.429. The first-order valence-electron chi connectivity index (χ1n) is 6.56. The third kappa shape index (κ3) is 3.32. The summed E-state index contributed by atoms with van der Waals surface area (Å²) in [6.45, 7) is 0.824. The van der Waals surface area contributed by atoms with Crippen LogP contribution in [0.5, 0.6) is 0 Å². The van der Waals surface area contributed by atoms with Crippen LogP contribution in [0.25, 0.3) is 0 Å². The number of carbonyl (C=O) groups is 2. The number of anilines is 1. The van der Waals surface area contributed by atoms with Crippen LogP contribution in [0, 0.1) is 5.92 Å². The van der Waals surface area contributed by atoms with Crippen molar-refractivity contribution in [2.24, 2.45) is 5.92 Å². The van der Waals surface area contributed by atoms with Gasteiger partial charge in [0.1, 0.15) is 0 Å². The Hall–Kier alpha value is -1.53. The van der Waals surface area contributed by atoms with Gasteiger partial charge >= 0.3 is 0 Å². The average molecular weight is 294 g/mol. The lowest BCUT2D eigenvalue weighted by Crippen LogP contribution is -2.27. The topological polar surface area (TPSA) is 69.6 Å². The van der Waals surface area contributed by atoms with Crippen molar-refractivity contribution in [3.8, 4) is 0 Å². The maximum atomic E-state index is 11.9. The highest BCUT2D eigenvalue weighted by molar-refractivity contribution is 7.80. The molecule has 0 aliphatic carbocycles. The monoisotopic (exact) mass is 294 g/mol. The molecule has 0 radical (unpaired) electrons. The normalized spacial score (nSPS) is 18.4. The molecule has 1 atom stereocenters. The predicted molar refractivity (Wildman–Crippen MR) is 80.2 cm³/mol. The number of thiol groups is 1. The number of aliphatic hydroxyl groups excluding tert-OH is 1. The van der Waals surface area contributed by atoms with Crippen molar-refractivity contribution in [2.75, 3.05) is 30.3 Å². The zero-order valence-corrected chi connectivity index (χ0v) is 12.0. The molecule has 1 aromatic carbocycles. The number of rotatable bonds is 5. The van der Waals surface area contributed by atoms with Gasteiger partial charge in [0.2, 0.25) is 5.91 Å². The van der Waals surface area contributed by atoms with Crippen molar-refractivity contribution in [3.63, 3.8) is 0 Å². The molecule has 0 bridgehead atoms. The standard InChI is InChI=1S/C14H18N2O3S/c17-6-5-15-14(19)11-1-3-12(4-2-11)16-8-10(9-20)7-13(16)18/h1-4,10,17,20H,5-9H2,(H,15,19). The summed E-state index contributed by atoms with van der Waals surface area (Å²) < 4.78 is 0. The number of nitrogens with one attached hydrogen (secondary N) is 1. The summed E-state index contributed by atoms with van der Waals surface area (Å²) in [5.74, 6) is 0.857. The Labute approximate surface area is 123 Å². The molecule has 108 valence electrons. The Morgan fingerprint density at radius 3 is 2.65 bits per heavy atom. The van der Waals surface area contributed by atoms with Crippen molar-refractivity contribution >= 4 is 30.1 Å². The largest absolute Gasteiger partial charge is 0.395 e. The van der Waals surface area contributed by atoms with E-state index < -0.39 is 0 Å². The Kier molecular flexibility index (Phi) is 5.03. The molecule has 6 heteroatoms. The number of aliphatic hydroxyl groups is 1. The maximum Gasteiger partial charge on any atom is 0.251 e. The molecule has 2 amide bonds. The van der Waals surface area contributed by atoms with Crippen LogP contribution < -0.4 is 10.2 Å². The zero-order valence-electron chi connectivity index (χ0n) is 11.1. The number of benzene rings is 1. The Morgan fingerprint density at radius 1 is 1.40 bits per heavy atom. The molecule has 20 heavy (non-hydrogen) atoms. The lowest BCUT2D eigenvalue weighted by molar-refractivity contribution is -0.117. The van der Waals surface area contributed by atoms with Gasteiger partial charge in [-0.3, -0.25) is 9.59 Å². The molecule has 1 aromatic rings. The quantitative estimate of drug-likeness (QED) is 0.700. The minimum absolute atomic E-state index is 0.0861. The van der Waals surface area contributed by atoms with E-state index in [0.717, 1.165) is 5.69 Å². The molecule has 1 aliphatic rings. The summed E-state index contributed by atoms with van der Waals surface area (Å²) in [6, 6.07) is 6.91. The van der Waals surface area contributed by atoms with E-state index in [4.69, 9.17) is 5.11 Å². The van der Waals surface area contributed by atoms with Gasteiger partial charge in [0.25, 0.3) is 5.91 Å². The van der Waals surface area contributed by atoms with Gasteiger partial charge in [-0.2, -0.15) is 12.6 Å². The van der Waals surface area contributed by atoms with Crippen LogP contribution in [0.3, 0.4) is 0 Å². The summed E-state index contributed by atoms with van der Waals surface area (Å²) in [7, 11) is 0. The molecule has 2 rings (SSSR count). The molecule has 1 heterocycles. The minimum Gasteiger partial charge on any atom is -0.395 e. The van der Waals surface area contributed by atoms with Crippen LogP contribution in [-0.2, 0) is 4.79 Å². The first-order valence-corrected chi connectivity index (χ1v) is 7.19. The molecular weight excluding hydrogens is 276 g/mol. The van der Waals surface area contributed by atoms with Gasteiger partial charge in [-0.05, 0) is 35.9 Å². The van der Waals surface area contributed by atoms with Gasteiger partial charge in [-0.1, -0.05) is 0 Å². The van der Waals surface area contributed by atoms with Gasteiger partial charge in [0.15, 0.2) is 0 Å². The SMILES string of the molecule is O=C(NCCO)c1ccc(N2CC(CS)CC2=O)cc1. The molecule has 5 nitrogen and oxygen atoms in total. The molecule has 1 aliphatic heterocycles. The summed E-state index contributed by atoms with van der Waals surface area (Å²) in [5.41, 5.74) is 1.32. The smallest absolute Gasteiger partial charge is 0.251 e. The average Bonchev–Trinajstić information content (AvgIpc) is 2.86. The zero-order chi connectivity index (χ0) is 14.5. The third-order valence-corrected chi connectivity index (χ3v) is 3.82. The van der Waals surface area contributed by atoms with Crippen LogP contribution >= 0.6 is 12.6 Å². The molecule has 0 saturated carbocycles. The first kappa shape index (κ1) is 14.9. The summed E-state index contributed by atoms with van der Waals surface area (Å²) in [4.78, 5) is 25.3. The van der Waals surface area contributed by atoms with E-state index >= 15 is 0 Å². The van der Waals surface area contributed by atoms with Crippen molar-refractivity contribution < 1.29 is 14.7 Å². The van der Waals surface area contributed by atoms with Crippen molar-refractivity contribution in [1.82, 2.24) is 5.32 Å². The summed E-state index contributed by atoms with van der Waals surface area (Å²) in [6.07, 6.45) is 0.530. The van der Waals surface area contributed by atoms with Gasteiger partial charge in [-0.15, -0.1) is 0 Å². The van der Waals surface area contributed by atoms with E-state index in [-0.39, 0.29) is 25.0 Å². The third-order valence-electron chi connectivity index (χ3n) is 3.30. The first-order chi connectivity index (χ1) is 9.65. The van der Waals surface area contributed by atoms with Gasteiger partial charge in [-0.25, -0.2) is 0 Å². The molecule has 1 unspecified atom stereocenters. The van der Waals surface area contributed by atoms with Crippen LogP contribution in [0.2, 0.25) is 0 Å². The second-order valence-corrected chi connectivity index (χ2v) is 5.15. The minimum atomic E-state index is -0.230. The van der Waals surface area contributed by atoms with Crippen molar-refractivity contribution in [1.29, 1.82) is 0 Å². The molecule has 2 N–H and O–H groups in total. The number of hydrogen-bond acceptors (Lipinski definition) is 4. The van der Waals surface area contributed by atoms with Gasteiger partial charge in [0, 0.05) is 30.8 Å². The Bertz CT molecular complexity index is 490. The van der Waals surface area contributed by atoms with Gasteiger partial charge < -0.3 is 15.3 Å². The molecule has 0 aromatic heterocycles. The van der Waals surface area contributed by atoms with Crippen molar-refractivity contribution in [2.45, 2.75) is 6.42 Å². The second kappa shape index (κ2) is 6.76. The predicted octanol–water partition coefficient (Wildman–Crippen LogP) is 0.691. The summed E-state index contributed by atoms with van der Waals surface area (Å²) in [5, 5.41) is 11.2. The highest BCUT2D eigenvalue weighted by atomic mass is 32.1.